The minimum absolute atomic E-state index is 0.960. The molecule has 0 N–H and O–H groups in total. The highest BCUT2D eigenvalue weighted by atomic mass is 16.5. The van der Waals surface area contributed by atoms with Gasteiger partial charge in [0.05, 0.1) is 0 Å². The van der Waals surface area contributed by atoms with Crippen molar-refractivity contribution in [1.82, 2.24) is 0 Å². The third-order valence-electron chi connectivity index (χ3n) is 4.40. The first-order valence-electron chi connectivity index (χ1n) is 8.40. The van der Waals surface area contributed by atoms with Crippen molar-refractivity contribution in [3.8, 4) is 11.5 Å². The first kappa shape index (κ1) is 15.6. The fourth-order valence-corrected chi connectivity index (χ4v) is 3.02. The largest absolute Gasteiger partial charge is 0.456 e. The average Bonchev–Trinajstić information content (AvgIpc) is 2.56. The standard InChI is InChI=1S/C22H24O/c1-5-7-8-17-10-12-19-21(14-17)23-20-13-15(3)9-11-18(20)22(19)16(4)6-2/h6,8-14H,5,7H2,1-4H3/b16-6+,17-8-. The van der Waals surface area contributed by atoms with E-state index in [0.29, 0.717) is 0 Å². The number of rotatable bonds is 3. The molecule has 1 heteroatoms. The second-order valence-corrected chi connectivity index (χ2v) is 6.20. The Morgan fingerprint density at radius 3 is 2.65 bits per heavy atom. The predicted molar refractivity (Wildman–Crippen MR) is 98.3 cm³/mol. The zero-order valence-electron chi connectivity index (χ0n) is 14.4. The number of benzene rings is 2. The van der Waals surface area contributed by atoms with Gasteiger partial charge in [-0.25, -0.2) is 0 Å². The van der Waals surface area contributed by atoms with Gasteiger partial charge in [0, 0.05) is 10.8 Å². The lowest BCUT2D eigenvalue weighted by atomic mass is 9.92. The summed E-state index contributed by atoms with van der Waals surface area (Å²) < 4.78 is 6.24. The first-order chi connectivity index (χ1) is 11.1. The minimum atomic E-state index is 0.960. The van der Waals surface area contributed by atoms with Gasteiger partial charge in [0.2, 0.25) is 0 Å². The molecule has 3 rings (SSSR count). The van der Waals surface area contributed by atoms with E-state index in [9.17, 15) is 0 Å². The molecule has 1 aliphatic rings. The maximum Gasteiger partial charge on any atom is 0.135 e. The molecular weight excluding hydrogens is 280 g/mol. The summed E-state index contributed by atoms with van der Waals surface area (Å²) in [6.45, 7) is 8.57. The molecule has 23 heavy (non-hydrogen) atoms. The number of hydrogen-bond donors (Lipinski definition) is 0. The van der Waals surface area contributed by atoms with Gasteiger partial charge in [-0.3, -0.25) is 0 Å². The Kier molecular flexibility index (Phi) is 4.38. The number of aryl methyl sites for hydroxylation is 1. The van der Waals surface area contributed by atoms with Crippen LogP contribution in [0.5, 0.6) is 11.5 Å². The Hall–Kier alpha value is -2.28. The minimum Gasteiger partial charge on any atom is -0.456 e. The molecule has 1 nitrogen and oxygen atoms in total. The molecule has 0 saturated heterocycles. The first-order valence-corrected chi connectivity index (χ1v) is 8.40. The van der Waals surface area contributed by atoms with E-state index in [1.807, 2.05) is 0 Å². The lowest BCUT2D eigenvalue weighted by Gasteiger charge is -2.21. The van der Waals surface area contributed by atoms with E-state index in [1.54, 1.807) is 0 Å². The van der Waals surface area contributed by atoms with Crippen LogP contribution in [0.2, 0.25) is 0 Å². The maximum absolute atomic E-state index is 6.24. The van der Waals surface area contributed by atoms with Crippen LogP contribution in [-0.4, -0.2) is 0 Å². The molecule has 1 heterocycles. The third kappa shape index (κ3) is 2.96. The summed E-state index contributed by atoms with van der Waals surface area (Å²) in [4.78, 5) is 0. The maximum atomic E-state index is 6.24. The van der Waals surface area contributed by atoms with Crippen molar-refractivity contribution in [2.45, 2.75) is 40.5 Å². The zero-order valence-corrected chi connectivity index (χ0v) is 14.4. The number of ether oxygens (including phenoxy) is 1. The van der Waals surface area contributed by atoms with Crippen LogP contribution in [0.25, 0.3) is 11.6 Å². The molecule has 0 aliphatic carbocycles. The Bertz CT molecular complexity index is 885. The molecule has 0 aromatic heterocycles. The number of hydrogen-bond acceptors (Lipinski definition) is 1. The van der Waals surface area contributed by atoms with E-state index < -0.39 is 0 Å². The van der Waals surface area contributed by atoms with E-state index in [0.717, 1.165) is 24.3 Å². The highest BCUT2D eigenvalue weighted by Crippen LogP contribution is 2.36. The summed E-state index contributed by atoms with van der Waals surface area (Å²) in [5.41, 5.74) is 4.97. The van der Waals surface area contributed by atoms with Gasteiger partial charge in [-0.05, 0) is 61.3 Å². The molecule has 0 atom stereocenters. The second-order valence-electron chi connectivity index (χ2n) is 6.20. The summed E-state index contributed by atoms with van der Waals surface area (Å²) in [5.74, 6) is 1.92. The molecule has 0 unspecified atom stereocenters. The average molecular weight is 304 g/mol. The van der Waals surface area contributed by atoms with Gasteiger partial charge in [0.1, 0.15) is 11.5 Å². The van der Waals surface area contributed by atoms with Crippen molar-refractivity contribution >= 4 is 11.6 Å². The van der Waals surface area contributed by atoms with Crippen molar-refractivity contribution in [2.75, 3.05) is 0 Å². The van der Waals surface area contributed by atoms with Gasteiger partial charge >= 0.3 is 0 Å². The monoisotopic (exact) mass is 304 g/mol. The van der Waals surface area contributed by atoms with Crippen LogP contribution in [-0.2, 0) is 0 Å². The third-order valence-corrected chi connectivity index (χ3v) is 4.40. The van der Waals surface area contributed by atoms with Crippen molar-refractivity contribution in [2.24, 2.45) is 0 Å². The molecule has 118 valence electrons. The Labute approximate surface area is 138 Å². The van der Waals surface area contributed by atoms with Crippen molar-refractivity contribution in [3.63, 3.8) is 0 Å². The Morgan fingerprint density at radius 1 is 1.09 bits per heavy atom. The molecule has 0 saturated carbocycles. The summed E-state index contributed by atoms with van der Waals surface area (Å²) in [5, 5.41) is 2.42. The van der Waals surface area contributed by atoms with Crippen LogP contribution in [0.3, 0.4) is 0 Å². The molecule has 0 amide bonds. The zero-order chi connectivity index (χ0) is 16.4. The van der Waals surface area contributed by atoms with E-state index in [-0.39, 0.29) is 0 Å². The normalized spacial score (nSPS) is 14.3. The van der Waals surface area contributed by atoms with Crippen LogP contribution >= 0.6 is 0 Å². The second kappa shape index (κ2) is 6.45. The lowest BCUT2D eigenvalue weighted by Crippen LogP contribution is -2.19. The summed E-state index contributed by atoms with van der Waals surface area (Å²) in [7, 11) is 0. The fourth-order valence-electron chi connectivity index (χ4n) is 3.02. The van der Waals surface area contributed by atoms with E-state index in [2.05, 4.69) is 76.2 Å². The molecular formula is C22H24O. The van der Waals surface area contributed by atoms with E-state index in [4.69, 9.17) is 4.74 Å². The van der Waals surface area contributed by atoms with Gasteiger partial charge in [-0.1, -0.05) is 49.8 Å². The topological polar surface area (TPSA) is 9.23 Å². The van der Waals surface area contributed by atoms with Crippen molar-refractivity contribution in [1.29, 1.82) is 0 Å². The van der Waals surface area contributed by atoms with Crippen molar-refractivity contribution < 1.29 is 4.74 Å². The van der Waals surface area contributed by atoms with Crippen LogP contribution in [0, 0.1) is 6.92 Å². The van der Waals surface area contributed by atoms with Gasteiger partial charge in [-0.2, -0.15) is 0 Å². The van der Waals surface area contributed by atoms with Crippen LogP contribution in [0.1, 0.15) is 44.7 Å². The predicted octanol–water partition coefficient (Wildman–Crippen LogP) is 4.85. The number of allylic oxidation sites excluding steroid dienone is 2. The summed E-state index contributed by atoms with van der Waals surface area (Å²) in [6, 6.07) is 13.0. The smallest absolute Gasteiger partial charge is 0.135 e. The van der Waals surface area contributed by atoms with Gasteiger partial charge in [0.15, 0.2) is 0 Å². The van der Waals surface area contributed by atoms with Crippen molar-refractivity contribution in [3.05, 3.63) is 69.6 Å². The Balaban J connectivity index is 2.30. The van der Waals surface area contributed by atoms with Gasteiger partial charge < -0.3 is 4.74 Å². The number of unbranched alkanes of at least 4 members (excludes halogenated alkanes) is 1. The summed E-state index contributed by atoms with van der Waals surface area (Å²) >= 11 is 0. The molecule has 0 spiro atoms. The van der Waals surface area contributed by atoms with Gasteiger partial charge in [0.25, 0.3) is 0 Å². The number of fused-ring (bicyclic) bond motifs is 2. The van der Waals surface area contributed by atoms with E-state index >= 15 is 0 Å². The quantitative estimate of drug-likeness (QED) is 0.788. The molecule has 2 aromatic carbocycles. The van der Waals surface area contributed by atoms with Crippen LogP contribution < -0.4 is 15.2 Å². The fraction of sp³-hybridized carbons (Fsp3) is 0.273. The SMILES string of the molecule is C/C=C(\C)C1=c2cc/c(=C/CCC)cc2Oc2cc(C)ccc21. The van der Waals surface area contributed by atoms with Gasteiger partial charge in [-0.15, -0.1) is 0 Å². The van der Waals surface area contributed by atoms with E-state index in [1.165, 1.54) is 32.7 Å². The molecule has 2 aromatic rings. The van der Waals surface area contributed by atoms with Crippen LogP contribution in [0.4, 0.5) is 0 Å². The highest BCUT2D eigenvalue weighted by molar-refractivity contribution is 5.84. The highest BCUT2D eigenvalue weighted by Gasteiger charge is 2.19. The lowest BCUT2D eigenvalue weighted by molar-refractivity contribution is 0.471. The Morgan fingerprint density at radius 2 is 1.91 bits per heavy atom. The molecule has 0 radical (unpaired) electrons. The summed E-state index contributed by atoms with van der Waals surface area (Å²) in [6.07, 6.45) is 6.71. The molecule has 1 aliphatic heterocycles. The molecule has 0 bridgehead atoms. The molecule has 0 fully saturated rings. The van der Waals surface area contributed by atoms with Crippen LogP contribution in [0.15, 0.2) is 48.0 Å².